The number of hydrogen-bond donors (Lipinski definition) is 0. The smallest absolute Gasteiger partial charge is 0.343 e. The Hall–Kier alpha value is -13.5. The molecular formula is C120H120O15Si5. The van der Waals surface area contributed by atoms with Crippen LogP contribution < -0.4 is 23.7 Å². The fourth-order valence-electron chi connectivity index (χ4n) is 18.4. The highest BCUT2D eigenvalue weighted by Gasteiger charge is 2.57. The number of carbonyl (C=O) groups excluding carboxylic acids is 5. The van der Waals surface area contributed by atoms with Gasteiger partial charge in [0.05, 0.1) is 27.8 Å². The maximum atomic E-state index is 13.6. The number of unbranched alkanes of at least 4 members (excludes halogenated alkanes) is 5. The van der Waals surface area contributed by atoms with Gasteiger partial charge in [-0.05, 0) is 332 Å². The lowest BCUT2D eigenvalue weighted by atomic mass is 10.0. The van der Waals surface area contributed by atoms with Gasteiger partial charge in [0, 0.05) is 0 Å². The maximum Gasteiger partial charge on any atom is 0.343 e. The van der Waals surface area contributed by atoms with Crippen LogP contribution in [0.2, 0.25) is 63.0 Å². The van der Waals surface area contributed by atoms with Crippen molar-refractivity contribution in [3.8, 4) is 84.4 Å². The monoisotopic (exact) mass is 1940 g/mol. The van der Waals surface area contributed by atoms with E-state index in [0.717, 1.165) is 180 Å². The van der Waals surface area contributed by atoms with Crippen LogP contribution in [0.15, 0.2) is 394 Å². The van der Waals surface area contributed by atoms with Crippen LogP contribution >= 0.6 is 0 Å². The molecule has 0 spiro atoms. The Bertz CT molecular complexity index is 5590. The van der Waals surface area contributed by atoms with Crippen LogP contribution in [0.4, 0.5) is 0 Å². The molecule has 710 valence electrons. The van der Waals surface area contributed by atoms with E-state index >= 15 is 0 Å². The van der Waals surface area contributed by atoms with Crippen LogP contribution in [0.25, 0.3) is 55.6 Å². The van der Waals surface area contributed by atoms with Gasteiger partial charge in [-0.1, -0.05) is 305 Å². The number of benzene rings is 15. The van der Waals surface area contributed by atoms with Crippen molar-refractivity contribution in [2.24, 2.45) is 0 Å². The molecule has 15 aromatic rings. The van der Waals surface area contributed by atoms with Gasteiger partial charge in [0.1, 0.15) is 28.7 Å². The molecule has 0 bridgehead atoms. The second-order valence-electron chi connectivity index (χ2n) is 37.1. The lowest BCUT2D eigenvalue weighted by Gasteiger charge is -2.50. The number of aryl methyl sites for hydroxylation is 5. The molecule has 0 N–H and O–H groups in total. The first kappa shape index (κ1) is 99.5. The summed E-state index contributed by atoms with van der Waals surface area (Å²) < 4.78 is 70.3. The zero-order valence-corrected chi connectivity index (χ0v) is 85.3. The van der Waals surface area contributed by atoms with Crippen molar-refractivity contribution in [2.75, 3.05) is 0 Å². The zero-order chi connectivity index (χ0) is 97.0. The lowest BCUT2D eigenvalue weighted by Crippen LogP contribution is -2.67. The number of ether oxygens (including phenoxy) is 5. The summed E-state index contributed by atoms with van der Waals surface area (Å²) in [7, 11) is -16.8. The Morgan fingerprint density at radius 1 is 0.171 bits per heavy atom. The molecule has 140 heavy (non-hydrogen) atoms. The fourth-order valence-corrected chi connectivity index (χ4v) is 47.9. The van der Waals surface area contributed by atoms with Crippen molar-refractivity contribution in [1.82, 2.24) is 0 Å². The minimum atomic E-state index is -3.37. The van der Waals surface area contributed by atoms with Gasteiger partial charge in [-0.15, -0.1) is 0 Å². The summed E-state index contributed by atoms with van der Waals surface area (Å²) in [6.45, 7) is 11.3. The molecule has 0 saturated carbocycles. The van der Waals surface area contributed by atoms with Gasteiger partial charge in [-0.3, -0.25) is 0 Å². The molecule has 0 atom stereocenters. The van der Waals surface area contributed by atoms with Crippen molar-refractivity contribution in [3.63, 3.8) is 0 Å². The molecule has 0 amide bonds. The quantitative estimate of drug-likeness (QED) is 0.0153. The van der Waals surface area contributed by atoms with E-state index in [4.69, 9.17) is 44.3 Å². The highest BCUT2D eigenvalue weighted by molar-refractivity contribution is 6.94. The number of rotatable bonds is 40. The summed E-state index contributed by atoms with van der Waals surface area (Å²) in [4.78, 5) is 67.8. The molecule has 15 aromatic carbocycles. The standard InChI is InChI=1S/C120H120O15Si5/c1-136(86-26-21-31-91-46-76-111(77-47-91)126-116(121)106-66-56-101(57-67-106)96-36-11-6-12-37-96)131-137(2,87-27-22-32-92-48-78-112(79-49-92)127-117(122)107-68-58-102(59-69-107)97-38-13-7-14-39-97)133-139(4,89-29-24-34-94-52-82-114(83-53-94)129-119(124)109-72-62-104(63-73-109)99-42-17-9-18-43-99)135-140(5,90-30-25-35-95-54-84-115(85-55-95)130-120(125)110-74-64-105(65-75-110)100-44-19-10-20-45-100)134-138(3,132-136)88-28-23-33-93-50-80-113(81-51-93)128-118(123)108-70-60-103(61-71-108)98-40-15-8-16-41-98/h6-20,36-85H,21-35,86-90H2,1-5H3. The van der Waals surface area contributed by atoms with Crippen LogP contribution in [-0.2, 0) is 52.7 Å². The highest BCUT2D eigenvalue weighted by Crippen LogP contribution is 2.42. The van der Waals surface area contributed by atoms with Gasteiger partial charge in [0.2, 0.25) is 0 Å². The van der Waals surface area contributed by atoms with Crippen LogP contribution in [0.1, 0.15) is 144 Å². The lowest BCUT2D eigenvalue weighted by molar-refractivity contribution is 0.0725. The van der Waals surface area contributed by atoms with Gasteiger partial charge in [0.15, 0.2) is 0 Å². The van der Waals surface area contributed by atoms with E-state index in [9.17, 15) is 24.0 Å². The van der Waals surface area contributed by atoms with Gasteiger partial charge in [-0.2, -0.15) is 0 Å². The van der Waals surface area contributed by atoms with Crippen molar-refractivity contribution in [1.29, 1.82) is 0 Å². The van der Waals surface area contributed by atoms with Crippen molar-refractivity contribution < 1.29 is 68.2 Å². The zero-order valence-electron chi connectivity index (χ0n) is 80.3. The second-order valence-corrected chi connectivity index (χ2v) is 55.0. The summed E-state index contributed by atoms with van der Waals surface area (Å²) in [5, 5.41) is 0. The Morgan fingerprint density at radius 2 is 0.307 bits per heavy atom. The Morgan fingerprint density at radius 3 is 0.450 bits per heavy atom. The summed E-state index contributed by atoms with van der Waals surface area (Å²) in [5.41, 5.74) is 18.3. The van der Waals surface area contributed by atoms with E-state index in [-0.39, 0.29) is 0 Å². The predicted molar refractivity (Wildman–Crippen MR) is 569 cm³/mol. The first-order valence-corrected chi connectivity index (χ1v) is 61.5. The molecule has 15 nitrogen and oxygen atoms in total. The van der Waals surface area contributed by atoms with E-state index in [1.165, 1.54) is 0 Å². The number of hydrogen-bond acceptors (Lipinski definition) is 15. The Labute approximate surface area is 828 Å². The van der Waals surface area contributed by atoms with Gasteiger partial charge < -0.3 is 44.3 Å². The predicted octanol–water partition coefficient (Wildman–Crippen LogP) is 30.0. The molecular weight excluding hydrogens is 1820 g/mol. The second kappa shape index (κ2) is 47.9. The average molecular weight is 1940 g/mol. The van der Waals surface area contributed by atoms with Gasteiger partial charge >= 0.3 is 72.7 Å². The van der Waals surface area contributed by atoms with Gasteiger partial charge in [-0.25, -0.2) is 24.0 Å². The summed E-state index contributed by atoms with van der Waals surface area (Å²) in [5.74, 6) is 0.219. The van der Waals surface area contributed by atoms with E-state index in [1.54, 1.807) is 60.7 Å². The normalized spacial score (nSPS) is 17.5. The van der Waals surface area contributed by atoms with E-state index in [2.05, 4.69) is 32.7 Å². The first-order chi connectivity index (χ1) is 68.1. The molecule has 0 radical (unpaired) electrons. The van der Waals surface area contributed by atoms with Crippen molar-refractivity contribution in [3.05, 3.63) is 450 Å². The minimum Gasteiger partial charge on any atom is -0.423 e. The van der Waals surface area contributed by atoms with Crippen LogP contribution in [-0.4, -0.2) is 72.7 Å². The minimum absolute atomic E-state index is 0.425. The molecule has 0 unspecified atom stereocenters. The average Bonchev–Trinajstić information content (AvgIpc) is 0.759. The van der Waals surface area contributed by atoms with Crippen molar-refractivity contribution in [2.45, 2.75) is 159 Å². The van der Waals surface area contributed by atoms with Crippen LogP contribution in [0.5, 0.6) is 28.7 Å². The molecule has 1 aliphatic rings. The molecule has 1 aliphatic heterocycles. The van der Waals surface area contributed by atoms with Crippen molar-refractivity contribution >= 4 is 72.7 Å². The molecule has 1 heterocycles. The third kappa shape index (κ3) is 28.9. The first-order valence-electron chi connectivity index (χ1n) is 48.9. The highest BCUT2D eigenvalue weighted by atomic mass is 28.5. The van der Waals surface area contributed by atoms with E-state index < -0.39 is 72.7 Å². The third-order valence-electron chi connectivity index (χ3n) is 25.7. The van der Waals surface area contributed by atoms with E-state index in [1.807, 2.05) is 334 Å². The molecule has 20 heteroatoms. The Balaban J connectivity index is 0.656. The summed E-state index contributed by atoms with van der Waals surface area (Å²) >= 11 is 0. The fraction of sp³-hybridized carbons (Fsp3) is 0.208. The SMILES string of the molecule is C[Si]1(CCCCc2ccc(OC(=O)c3ccc(-c4ccccc4)cc3)cc2)O[Si](C)(CCCCc2ccc(OC(=O)c3ccc(-c4ccccc4)cc3)cc2)O[Si](C)(CCCCc2ccc(OC(=O)c3ccc(-c4ccccc4)cc3)cc2)O[Si](C)(CCCCc2ccc(OC(=O)c3ccc(-c4ccccc4)cc3)cc2)O[Si](C)(CCCCc2ccc(OC(=O)c3ccc(-c4ccccc4)cc3)cc2)O1. The molecule has 16 rings (SSSR count). The maximum absolute atomic E-state index is 13.6. The largest absolute Gasteiger partial charge is 0.423 e. The summed E-state index contributed by atoms with van der Waals surface area (Å²) in [6, 6.07) is 130. The number of esters is 5. The summed E-state index contributed by atoms with van der Waals surface area (Å²) in [6.07, 6.45) is 12.0. The Kier molecular flexibility index (Phi) is 34.1. The third-order valence-corrected chi connectivity index (χ3v) is 49.3. The van der Waals surface area contributed by atoms with Crippen LogP contribution in [0.3, 0.4) is 0 Å². The molecule has 0 aromatic heterocycles. The topological polar surface area (TPSA) is 178 Å². The molecule has 0 aliphatic carbocycles. The molecule has 1 saturated heterocycles. The number of carbonyl (C=O) groups is 5. The van der Waals surface area contributed by atoms with E-state index in [0.29, 0.717) is 86.8 Å². The van der Waals surface area contributed by atoms with Gasteiger partial charge in [0.25, 0.3) is 0 Å². The van der Waals surface area contributed by atoms with Crippen LogP contribution in [0, 0.1) is 0 Å². The molecule has 1 fully saturated rings.